The van der Waals surface area contributed by atoms with Crippen molar-refractivity contribution in [3.8, 4) is 5.69 Å². The van der Waals surface area contributed by atoms with Crippen molar-refractivity contribution in [2.45, 2.75) is 12.7 Å². The van der Waals surface area contributed by atoms with E-state index in [0.717, 1.165) is 10.2 Å². The molecule has 0 unspecified atom stereocenters. The molecule has 1 heterocycles. The number of aromatic nitrogens is 3. The molecule has 0 saturated carbocycles. The molecule has 0 radical (unpaired) electrons. The second-order valence-corrected chi connectivity index (χ2v) is 9.18. The highest BCUT2D eigenvalue weighted by Crippen LogP contribution is 2.18. The summed E-state index contributed by atoms with van der Waals surface area (Å²) in [6, 6.07) is 14.1. The Kier molecular flexibility index (Phi) is 6.80. The van der Waals surface area contributed by atoms with Crippen LogP contribution in [0.3, 0.4) is 0 Å². The Morgan fingerprint density at radius 1 is 1.23 bits per heavy atom. The molecule has 156 valence electrons. The quantitative estimate of drug-likeness (QED) is 0.472. The summed E-state index contributed by atoms with van der Waals surface area (Å²) in [5.74, 6) is -0.559. The van der Waals surface area contributed by atoms with Crippen molar-refractivity contribution >= 4 is 37.5 Å². The lowest BCUT2D eigenvalue weighted by atomic mass is 10.2. The molecule has 10 heteroatoms. The fourth-order valence-corrected chi connectivity index (χ4v) is 4.22. The molecule has 8 nitrogen and oxygen atoms in total. The van der Waals surface area contributed by atoms with Crippen LogP contribution in [0, 0.1) is 6.92 Å². The zero-order valence-electron chi connectivity index (χ0n) is 16.2. The predicted octanol–water partition coefficient (Wildman–Crippen LogP) is 3.20. The SMILES string of the molecule is C=CCNS(=O)(=O)Cc1ccc(NC(=O)c2nnn(-c3cccc(Br)c3)c2C)cc1. The summed E-state index contributed by atoms with van der Waals surface area (Å²) in [5, 5.41) is 10.8. The van der Waals surface area contributed by atoms with Gasteiger partial charge in [-0.3, -0.25) is 4.79 Å². The summed E-state index contributed by atoms with van der Waals surface area (Å²) in [4.78, 5) is 12.6. The molecule has 1 aromatic heterocycles. The first-order chi connectivity index (χ1) is 14.3. The summed E-state index contributed by atoms with van der Waals surface area (Å²) in [6.45, 7) is 5.42. The van der Waals surface area contributed by atoms with Crippen molar-refractivity contribution in [2.75, 3.05) is 11.9 Å². The van der Waals surface area contributed by atoms with Gasteiger partial charge in [-0.1, -0.05) is 45.4 Å². The van der Waals surface area contributed by atoms with E-state index >= 15 is 0 Å². The summed E-state index contributed by atoms with van der Waals surface area (Å²) in [5.41, 5.74) is 2.71. The smallest absolute Gasteiger partial charge is 0.278 e. The standard InChI is InChI=1S/C20H20BrN5O3S/c1-3-11-22-30(28,29)13-15-7-9-17(10-8-15)23-20(27)19-14(2)26(25-24-19)18-6-4-5-16(21)12-18/h3-10,12,22H,1,11,13H2,2H3,(H,23,27). The summed E-state index contributed by atoms with van der Waals surface area (Å²) < 4.78 is 28.8. The van der Waals surface area contributed by atoms with Crippen LogP contribution in [0.2, 0.25) is 0 Å². The highest BCUT2D eigenvalue weighted by Gasteiger charge is 2.18. The lowest BCUT2D eigenvalue weighted by Gasteiger charge is -2.07. The van der Waals surface area contributed by atoms with Crippen LogP contribution in [0.1, 0.15) is 21.7 Å². The first kappa shape index (κ1) is 21.9. The number of halogens is 1. The summed E-state index contributed by atoms with van der Waals surface area (Å²) >= 11 is 3.41. The molecule has 1 amide bonds. The lowest BCUT2D eigenvalue weighted by molar-refractivity contribution is 0.102. The van der Waals surface area contributed by atoms with Gasteiger partial charge in [-0.05, 0) is 42.8 Å². The average molecular weight is 490 g/mol. The molecule has 0 atom stereocenters. The Balaban J connectivity index is 1.70. The molecule has 0 fully saturated rings. The van der Waals surface area contributed by atoms with Crippen LogP contribution in [0.5, 0.6) is 0 Å². The molecule has 3 aromatic rings. The van der Waals surface area contributed by atoms with E-state index in [1.54, 1.807) is 35.9 Å². The number of benzene rings is 2. The summed E-state index contributed by atoms with van der Waals surface area (Å²) in [7, 11) is -3.44. The van der Waals surface area contributed by atoms with Crippen LogP contribution in [0.25, 0.3) is 5.69 Å². The Labute approximate surface area is 183 Å². The van der Waals surface area contributed by atoms with Crippen molar-refractivity contribution in [1.29, 1.82) is 0 Å². The molecule has 0 aliphatic rings. The van der Waals surface area contributed by atoms with Gasteiger partial charge in [-0.2, -0.15) is 0 Å². The van der Waals surface area contributed by atoms with E-state index in [1.807, 2.05) is 24.3 Å². The second kappa shape index (κ2) is 9.33. The molecule has 3 rings (SSSR count). The molecule has 0 aliphatic carbocycles. The van der Waals surface area contributed by atoms with Gasteiger partial charge < -0.3 is 5.32 Å². The normalized spacial score (nSPS) is 11.3. The first-order valence-corrected chi connectivity index (χ1v) is 11.4. The van der Waals surface area contributed by atoms with Crippen LogP contribution >= 0.6 is 15.9 Å². The third-order valence-corrected chi connectivity index (χ3v) is 5.99. The number of hydrogen-bond donors (Lipinski definition) is 2. The monoisotopic (exact) mass is 489 g/mol. The minimum Gasteiger partial charge on any atom is -0.321 e. The highest BCUT2D eigenvalue weighted by atomic mass is 79.9. The number of carbonyl (C=O) groups excluding carboxylic acids is 1. The predicted molar refractivity (Wildman–Crippen MR) is 119 cm³/mol. The third-order valence-electron chi connectivity index (χ3n) is 4.18. The minimum absolute atomic E-state index is 0.158. The first-order valence-electron chi connectivity index (χ1n) is 8.96. The van der Waals surface area contributed by atoms with Gasteiger partial charge in [0.05, 0.1) is 17.1 Å². The molecular formula is C20H20BrN5O3S. The molecule has 2 N–H and O–H groups in total. The van der Waals surface area contributed by atoms with Gasteiger partial charge in [0.25, 0.3) is 5.91 Å². The second-order valence-electron chi connectivity index (χ2n) is 6.46. The maximum Gasteiger partial charge on any atom is 0.278 e. The van der Waals surface area contributed by atoms with Gasteiger partial charge in [-0.25, -0.2) is 17.8 Å². The van der Waals surface area contributed by atoms with E-state index < -0.39 is 15.9 Å². The number of amides is 1. The van der Waals surface area contributed by atoms with Crippen LogP contribution in [0.4, 0.5) is 5.69 Å². The Hall–Kier alpha value is -2.82. The number of hydrogen-bond acceptors (Lipinski definition) is 5. The summed E-state index contributed by atoms with van der Waals surface area (Å²) in [6.07, 6.45) is 1.48. The third kappa shape index (κ3) is 5.41. The maximum atomic E-state index is 12.6. The molecule has 0 aliphatic heterocycles. The van der Waals surface area contributed by atoms with Crippen molar-refractivity contribution in [1.82, 2.24) is 19.7 Å². The van der Waals surface area contributed by atoms with E-state index in [4.69, 9.17) is 0 Å². The van der Waals surface area contributed by atoms with Crippen LogP contribution < -0.4 is 10.0 Å². The fraction of sp³-hybridized carbons (Fsp3) is 0.150. The maximum absolute atomic E-state index is 12.6. The molecule has 0 bridgehead atoms. The van der Waals surface area contributed by atoms with Gasteiger partial charge in [0.1, 0.15) is 0 Å². The Bertz CT molecular complexity index is 1170. The van der Waals surface area contributed by atoms with Crippen molar-refractivity contribution < 1.29 is 13.2 Å². The van der Waals surface area contributed by atoms with Crippen LogP contribution in [-0.2, 0) is 15.8 Å². The van der Waals surface area contributed by atoms with E-state index in [9.17, 15) is 13.2 Å². The largest absolute Gasteiger partial charge is 0.321 e. The van der Waals surface area contributed by atoms with Gasteiger partial charge in [0.15, 0.2) is 5.69 Å². The molecular weight excluding hydrogens is 470 g/mol. The number of carbonyl (C=O) groups is 1. The molecule has 0 saturated heterocycles. The van der Waals surface area contributed by atoms with E-state index in [-0.39, 0.29) is 18.0 Å². The highest BCUT2D eigenvalue weighted by molar-refractivity contribution is 9.10. The number of nitrogens with one attached hydrogen (secondary N) is 2. The van der Waals surface area contributed by atoms with Gasteiger partial charge in [0.2, 0.25) is 10.0 Å². The lowest BCUT2D eigenvalue weighted by Crippen LogP contribution is -2.25. The van der Waals surface area contributed by atoms with Gasteiger partial charge in [-0.15, -0.1) is 11.7 Å². The van der Waals surface area contributed by atoms with Crippen molar-refractivity contribution in [3.05, 3.63) is 82.6 Å². The minimum atomic E-state index is -3.44. The number of sulfonamides is 1. The zero-order chi connectivity index (χ0) is 21.7. The van der Waals surface area contributed by atoms with E-state index in [2.05, 4.69) is 42.9 Å². The average Bonchev–Trinajstić information content (AvgIpc) is 3.09. The number of anilines is 1. The van der Waals surface area contributed by atoms with Crippen molar-refractivity contribution in [3.63, 3.8) is 0 Å². The molecule has 0 spiro atoms. The van der Waals surface area contributed by atoms with Gasteiger partial charge >= 0.3 is 0 Å². The number of rotatable bonds is 8. The fourth-order valence-electron chi connectivity index (χ4n) is 2.72. The number of nitrogens with zero attached hydrogens (tertiary/aromatic N) is 3. The van der Waals surface area contributed by atoms with E-state index in [1.165, 1.54) is 6.08 Å². The Morgan fingerprint density at radius 2 is 1.97 bits per heavy atom. The van der Waals surface area contributed by atoms with Crippen LogP contribution in [-0.4, -0.2) is 35.9 Å². The van der Waals surface area contributed by atoms with Crippen LogP contribution in [0.15, 0.2) is 65.7 Å². The molecule has 30 heavy (non-hydrogen) atoms. The Morgan fingerprint density at radius 3 is 2.63 bits per heavy atom. The zero-order valence-corrected chi connectivity index (χ0v) is 18.6. The van der Waals surface area contributed by atoms with Crippen molar-refractivity contribution in [2.24, 2.45) is 0 Å². The molecule has 2 aromatic carbocycles. The van der Waals surface area contributed by atoms with Gasteiger partial charge in [0, 0.05) is 16.7 Å². The van der Waals surface area contributed by atoms with E-state index in [0.29, 0.717) is 16.9 Å². The topological polar surface area (TPSA) is 106 Å².